The smallest absolute Gasteiger partial charge is 0.269 e. The number of nitro groups is 1. The lowest BCUT2D eigenvalue weighted by molar-refractivity contribution is -0.384. The van der Waals surface area contributed by atoms with Gasteiger partial charge in [-0.1, -0.05) is 25.3 Å². The molecule has 20 heavy (non-hydrogen) atoms. The van der Waals surface area contributed by atoms with Crippen LogP contribution < -0.4 is 0 Å². The molecule has 0 bridgehead atoms. The lowest BCUT2D eigenvalue weighted by Gasteiger charge is -2.29. The maximum absolute atomic E-state index is 12.0. The highest BCUT2D eigenvalue weighted by Gasteiger charge is 2.34. The molecule has 0 aliphatic heterocycles. The van der Waals surface area contributed by atoms with E-state index in [0.29, 0.717) is 18.4 Å². The first-order valence-electron chi connectivity index (χ1n) is 6.71. The van der Waals surface area contributed by atoms with Crippen LogP contribution in [0.5, 0.6) is 0 Å². The van der Waals surface area contributed by atoms with Crippen molar-refractivity contribution < 1.29 is 14.8 Å². The maximum atomic E-state index is 12.0. The summed E-state index contributed by atoms with van der Waals surface area (Å²) in [7, 11) is 0. The Morgan fingerprint density at radius 2 is 1.80 bits per heavy atom. The van der Waals surface area contributed by atoms with Gasteiger partial charge in [-0.05, 0) is 36.6 Å². The summed E-state index contributed by atoms with van der Waals surface area (Å²) < 4.78 is 0. The van der Waals surface area contributed by atoms with Crippen LogP contribution in [-0.4, -0.2) is 21.4 Å². The second-order valence-corrected chi connectivity index (χ2v) is 5.14. The molecular weight excluding hydrogens is 258 g/mol. The van der Waals surface area contributed by atoms with E-state index in [9.17, 15) is 20.0 Å². The zero-order chi connectivity index (χ0) is 14.6. The SMILES string of the molecule is O=C(/C=C/c1ccc([N+](=O)[O-])cc1)C1(O)CCCCC1. The van der Waals surface area contributed by atoms with Crippen molar-refractivity contribution >= 4 is 17.5 Å². The van der Waals surface area contributed by atoms with Gasteiger partial charge >= 0.3 is 0 Å². The third-order valence-electron chi connectivity index (χ3n) is 3.67. The number of non-ortho nitro benzene ring substituents is 1. The Labute approximate surface area is 117 Å². The number of nitrogens with zero attached hydrogens (tertiary/aromatic N) is 1. The van der Waals surface area contributed by atoms with Gasteiger partial charge in [0, 0.05) is 12.1 Å². The molecule has 1 fully saturated rings. The zero-order valence-electron chi connectivity index (χ0n) is 11.1. The van der Waals surface area contributed by atoms with Crippen molar-refractivity contribution in [2.75, 3.05) is 0 Å². The summed E-state index contributed by atoms with van der Waals surface area (Å²) in [6.45, 7) is 0. The third kappa shape index (κ3) is 3.30. The molecule has 0 unspecified atom stereocenters. The fourth-order valence-electron chi connectivity index (χ4n) is 2.42. The van der Waals surface area contributed by atoms with Crippen LogP contribution in [0.15, 0.2) is 30.3 Å². The molecule has 106 valence electrons. The highest BCUT2D eigenvalue weighted by Crippen LogP contribution is 2.29. The summed E-state index contributed by atoms with van der Waals surface area (Å²) in [5.74, 6) is -0.282. The summed E-state index contributed by atoms with van der Waals surface area (Å²) in [6.07, 6.45) is 6.76. The van der Waals surface area contributed by atoms with Crippen molar-refractivity contribution in [3.05, 3.63) is 46.0 Å². The molecule has 0 atom stereocenters. The van der Waals surface area contributed by atoms with Gasteiger partial charge in [0.1, 0.15) is 5.60 Å². The van der Waals surface area contributed by atoms with Gasteiger partial charge in [0.15, 0.2) is 5.78 Å². The van der Waals surface area contributed by atoms with Gasteiger partial charge < -0.3 is 5.11 Å². The minimum Gasteiger partial charge on any atom is -0.382 e. The average molecular weight is 275 g/mol. The number of hydrogen-bond donors (Lipinski definition) is 1. The van der Waals surface area contributed by atoms with Gasteiger partial charge in [-0.2, -0.15) is 0 Å². The van der Waals surface area contributed by atoms with Crippen LogP contribution in [0.1, 0.15) is 37.7 Å². The zero-order valence-corrected chi connectivity index (χ0v) is 11.1. The molecule has 0 amide bonds. The first-order chi connectivity index (χ1) is 9.51. The molecular formula is C15H17NO4. The van der Waals surface area contributed by atoms with Gasteiger partial charge in [0.25, 0.3) is 5.69 Å². The first kappa shape index (κ1) is 14.4. The predicted octanol–water partition coefficient (Wildman–Crippen LogP) is 2.87. The average Bonchev–Trinajstić information content (AvgIpc) is 2.46. The quantitative estimate of drug-likeness (QED) is 0.520. The van der Waals surface area contributed by atoms with E-state index in [0.717, 1.165) is 19.3 Å². The van der Waals surface area contributed by atoms with Crippen LogP contribution in [0.3, 0.4) is 0 Å². The molecule has 0 aromatic heterocycles. The van der Waals surface area contributed by atoms with E-state index in [4.69, 9.17) is 0 Å². The van der Waals surface area contributed by atoms with E-state index in [1.54, 1.807) is 18.2 Å². The van der Waals surface area contributed by atoms with E-state index in [2.05, 4.69) is 0 Å². The molecule has 5 nitrogen and oxygen atoms in total. The Morgan fingerprint density at radius 3 is 2.35 bits per heavy atom. The minimum atomic E-state index is -1.23. The Hall–Kier alpha value is -2.01. The molecule has 5 heteroatoms. The second-order valence-electron chi connectivity index (χ2n) is 5.14. The first-order valence-corrected chi connectivity index (χ1v) is 6.71. The van der Waals surface area contributed by atoms with Crippen molar-refractivity contribution in [1.29, 1.82) is 0 Å². The Balaban J connectivity index is 2.04. The van der Waals surface area contributed by atoms with Crippen molar-refractivity contribution in [1.82, 2.24) is 0 Å². The van der Waals surface area contributed by atoms with Crippen LogP contribution >= 0.6 is 0 Å². The van der Waals surface area contributed by atoms with Crippen molar-refractivity contribution in [3.63, 3.8) is 0 Å². The highest BCUT2D eigenvalue weighted by atomic mass is 16.6. The topological polar surface area (TPSA) is 80.4 Å². The van der Waals surface area contributed by atoms with E-state index < -0.39 is 10.5 Å². The van der Waals surface area contributed by atoms with E-state index in [1.165, 1.54) is 18.2 Å². The molecule has 1 aromatic carbocycles. The number of rotatable bonds is 4. The summed E-state index contributed by atoms with van der Waals surface area (Å²) in [5, 5.41) is 20.8. The summed E-state index contributed by atoms with van der Waals surface area (Å²) in [6, 6.07) is 5.93. The van der Waals surface area contributed by atoms with E-state index in [1.807, 2.05) is 0 Å². The van der Waals surface area contributed by atoms with Crippen LogP contribution in [0, 0.1) is 10.1 Å². The number of nitro benzene ring substituents is 1. The summed E-state index contributed by atoms with van der Waals surface area (Å²) >= 11 is 0. The Bertz CT molecular complexity index is 527. The lowest BCUT2D eigenvalue weighted by atomic mass is 9.81. The molecule has 2 rings (SSSR count). The van der Waals surface area contributed by atoms with Gasteiger partial charge in [-0.15, -0.1) is 0 Å². The standard InChI is InChI=1S/C15H17NO4/c17-14(15(18)10-2-1-3-11-15)9-6-12-4-7-13(8-5-12)16(19)20/h4-9,18H,1-3,10-11H2/b9-6+. The second kappa shape index (κ2) is 5.96. The molecule has 0 radical (unpaired) electrons. The molecule has 1 N–H and O–H groups in total. The monoisotopic (exact) mass is 275 g/mol. The van der Waals surface area contributed by atoms with Crippen LogP contribution in [-0.2, 0) is 4.79 Å². The van der Waals surface area contributed by atoms with Crippen molar-refractivity contribution in [2.45, 2.75) is 37.7 Å². The number of hydrogen-bond acceptors (Lipinski definition) is 4. The fourth-order valence-corrected chi connectivity index (χ4v) is 2.42. The number of ketones is 1. The molecule has 1 aliphatic carbocycles. The Morgan fingerprint density at radius 1 is 1.20 bits per heavy atom. The maximum Gasteiger partial charge on any atom is 0.269 e. The molecule has 1 aromatic rings. The molecule has 1 saturated carbocycles. The fraction of sp³-hybridized carbons (Fsp3) is 0.400. The number of carbonyl (C=O) groups is 1. The predicted molar refractivity (Wildman–Crippen MR) is 75.2 cm³/mol. The largest absolute Gasteiger partial charge is 0.382 e. The van der Waals surface area contributed by atoms with Gasteiger partial charge in [0.05, 0.1) is 4.92 Å². The van der Waals surface area contributed by atoms with Gasteiger partial charge in [-0.3, -0.25) is 14.9 Å². The summed E-state index contributed by atoms with van der Waals surface area (Å²) in [4.78, 5) is 22.1. The number of benzene rings is 1. The van der Waals surface area contributed by atoms with E-state index in [-0.39, 0.29) is 11.5 Å². The number of aliphatic hydroxyl groups is 1. The van der Waals surface area contributed by atoms with E-state index >= 15 is 0 Å². The third-order valence-corrected chi connectivity index (χ3v) is 3.67. The molecule has 0 heterocycles. The van der Waals surface area contributed by atoms with Crippen LogP contribution in [0.25, 0.3) is 6.08 Å². The Kier molecular flexibility index (Phi) is 4.29. The van der Waals surface area contributed by atoms with Crippen molar-refractivity contribution in [2.24, 2.45) is 0 Å². The van der Waals surface area contributed by atoms with Crippen LogP contribution in [0.4, 0.5) is 5.69 Å². The molecule has 1 aliphatic rings. The van der Waals surface area contributed by atoms with Gasteiger partial charge in [-0.25, -0.2) is 0 Å². The van der Waals surface area contributed by atoms with Crippen LogP contribution in [0.2, 0.25) is 0 Å². The van der Waals surface area contributed by atoms with Gasteiger partial charge in [0.2, 0.25) is 0 Å². The summed E-state index contributed by atoms with van der Waals surface area (Å²) in [5.41, 5.74) is -0.516. The molecule has 0 spiro atoms. The van der Waals surface area contributed by atoms with Crippen molar-refractivity contribution in [3.8, 4) is 0 Å². The molecule has 0 saturated heterocycles. The minimum absolute atomic E-state index is 0.0133. The normalized spacial score (nSPS) is 18.1. The number of carbonyl (C=O) groups excluding carboxylic acids is 1. The lowest BCUT2D eigenvalue weighted by Crippen LogP contribution is -2.39. The highest BCUT2D eigenvalue weighted by molar-refractivity contribution is 5.99.